The zero-order chi connectivity index (χ0) is 13.9. The normalized spacial score (nSPS) is 41.1. The van der Waals surface area contributed by atoms with Crippen LogP contribution in [-0.4, -0.2) is 24.6 Å². The van der Waals surface area contributed by atoms with E-state index in [9.17, 15) is 17.2 Å². The van der Waals surface area contributed by atoms with E-state index in [4.69, 9.17) is 4.55 Å². The van der Waals surface area contributed by atoms with Gasteiger partial charge in [-0.3, -0.25) is 4.55 Å². The van der Waals surface area contributed by atoms with Crippen molar-refractivity contribution in [2.24, 2.45) is 23.2 Å². The van der Waals surface area contributed by atoms with Crippen molar-refractivity contribution in [2.45, 2.75) is 50.9 Å². The third-order valence-corrected chi connectivity index (χ3v) is 6.33. The molecule has 0 spiro atoms. The summed E-state index contributed by atoms with van der Waals surface area (Å²) in [6, 6.07) is 0. The van der Waals surface area contributed by atoms with Crippen LogP contribution in [0.3, 0.4) is 0 Å². The predicted molar refractivity (Wildman–Crippen MR) is 66.6 cm³/mol. The van der Waals surface area contributed by atoms with Crippen LogP contribution >= 0.6 is 0 Å². The maximum Gasteiger partial charge on any atom is 0.270 e. The molecular formula is C13H20F2O3S. The molecule has 0 amide bonds. The van der Waals surface area contributed by atoms with Crippen molar-refractivity contribution in [1.82, 2.24) is 0 Å². The Bertz CT molecular complexity index is 460. The van der Waals surface area contributed by atoms with Gasteiger partial charge in [0.1, 0.15) is 5.75 Å². The molecule has 0 aromatic carbocycles. The summed E-state index contributed by atoms with van der Waals surface area (Å²) >= 11 is 0. The standard InChI is InChI=1S/C13H20F2O3S/c14-13(15,8-19(16,17)18)2-1-12-6-9-3-10(7-12)5-11(12)4-9/h9-11H,1-8H2,(H,16,17,18). The highest BCUT2D eigenvalue weighted by Gasteiger charge is 2.57. The van der Waals surface area contributed by atoms with Crippen LogP contribution in [0.5, 0.6) is 0 Å². The minimum atomic E-state index is -4.60. The second-order valence-electron chi connectivity index (χ2n) is 6.99. The molecule has 19 heavy (non-hydrogen) atoms. The van der Waals surface area contributed by atoms with Crippen molar-refractivity contribution >= 4 is 10.1 Å². The van der Waals surface area contributed by atoms with Crippen molar-refractivity contribution in [3.05, 3.63) is 0 Å². The molecule has 4 bridgehead atoms. The molecule has 2 atom stereocenters. The van der Waals surface area contributed by atoms with Gasteiger partial charge in [-0.05, 0) is 61.7 Å². The Balaban J connectivity index is 1.64. The zero-order valence-corrected chi connectivity index (χ0v) is 11.6. The van der Waals surface area contributed by atoms with Crippen molar-refractivity contribution in [1.29, 1.82) is 0 Å². The molecule has 1 N–H and O–H groups in total. The van der Waals surface area contributed by atoms with Gasteiger partial charge in [-0.15, -0.1) is 0 Å². The second kappa shape index (κ2) is 4.13. The van der Waals surface area contributed by atoms with Gasteiger partial charge >= 0.3 is 0 Å². The fraction of sp³-hybridized carbons (Fsp3) is 1.00. The van der Waals surface area contributed by atoms with Crippen LogP contribution in [0.4, 0.5) is 8.78 Å². The molecule has 0 aromatic heterocycles. The van der Waals surface area contributed by atoms with Gasteiger partial charge in [0.25, 0.3) is 16.0 Å². The first kappa shape index (κ1) is 13.7. The Morgan fingerprint density at radius 1 is 1.16 bits per heavy atom. The summed E-state index contributed by atoms with van der Waals surface area (Å²) in [5, 5.41) is 0. The van der Waals surface area contributed by atoms with Crippen LogP contribution in [0.1, 0.15) is 44.9 Å². The molecule has 0 aromatic rings. The molecule has 4 rings (SSSR count). The summed E-state index contributed by atoms with van der Waals surface area (Å²) in [5.74, 6) is -2.73. The Hall–Kier alpha value is -0.230. The van der Waals surface area contributed by atoms with Gasteiger partial charge < -0.3 is 0 Å². The summed E-state index contributed by atoms with van der Waals surface area (Å²) in [6.45, 7) is 0. The van der Waals surface area contributed by atoms with Crippen molar-refractivity contribution in [2.75, 3.05) is 5.75 Å². The quantitative estimate of drug-likeness (QED) is 0.793. The van der Waals surface area contributed by atoms with Crippen LogP contribution in [0.2, 0.25) is 0 Å². The van der Waals surface area contributed by atoms with Gasteiger partial charge in [0.05, 0.1) is 0 Å². The minimum absolute atomic E-state index is 0.0518. The molecule has 0 aliphatic heterocycles. The average molecular weight is 294 g/mol. The highest BCUT2D eigenvalue weighted by atomic mass is 32.2. The number of hydrogen-bond donors (Lipinski definition) is 1. The van der Waals surface area contributed by atoms with E-state index in [0.717, 1.165) is 12.8 Å². The van der Waals surface area contributed by atoms with Gasteiger partial charge in [-0.25, -0.2) is 8.78 Å². The Morgan fingerprint density at radius 3 is 2.26 bits per heavy atom. The lowest BCUT2D eigenvalue weighted by Crippen LogP contribution is -2.31. The minimum Gasteiger partial charge on any atom is -0.285 e. The molecule has 110 valence electrons. The fourth-order valence-corrected chi connectivity index (χ4v) is 5.82. The lowest BCUT2D eigenvalue weighted by molar-refractivity contribution is -0.00363. The highest BCUT2D eigenvalue weighted by Crippen LogP contribution is 2.67. The van der Waals surface area contributed by atoms with Gasteiger partial charge in [0.2, 0.25) is 0 Å². The third-order valence-electron chi connectivity index (χ3n) is 5.54. The van der Waals surface area contributed by atoms with Crippen LogP contribution in [0.25, 0.3) is 0 Å². The van der Waals surface area contributed by atoms with Crippen molar-refractivity contribution < 1.29 is 21.8 Å². The van der Waals surface area contributed by atoms with Gasteiger partial charge in [0.15, 0.2) is 0 Å². The summed E-state index contributed by atoms with van der Waals surface area (Å²) in [7, 11) is -4.60. The van der Waals surface area contributed by atoms with Gasteiger partial charge in [-0.1, -0.05) is 0 Å². The van der Waals surface area contributed by atoms with E-state index < -0.39 is 28.2 Å². The lowest BCUT2D eigenvalue weighted by Gasteiger charge is -2.34. The maximum absolute atomic E-state index is 13.6. The van der Waals surface area contributed by atoms with E-state index in [0.29, 0.717) is 24.2 Å². The van der Waals surface area contributed by atoms with Gasteiger partial charge in [-0.2, -0.15) is 8.42 Å². The van der Waals surface area contributed by atoms with E-state index in [1.54, 1.807) is 0 Å². The first-order valence-electron chi connectivity index (χ1n) is 7.00. The molecule has 4 saturated carbocycles. The van der Waals surface area contributed by atoms with Crippen LogP contribution in [-0.2, 0) is 10.1 Å². The summed E-state index contributed by atoms with van der Waals surface area (Å²) in [4.78, 5) is 0. The number of alkyl halides is 2. The number of hydrogen-bond acceptors (Lipinski definition) is 2. The van der Waals surface area contributed by atoms with Crippen molar-refractivity contribution in [3.8, 4) is 0 Å². The molecule has 2 unspecified atom stereocenters. The smallest absolute Gasteiger partial charge is 0.270 e. The maximum atomic E-state index is 13.6. The highest BCUT2D eigenvalue weighted by molar-refractivity contribution is 7.85. The van der Waals surface area contributed by atoms with Crippen molar-refractivity contribution in [3.63, 3.8) is 0 Å². The number of rotatable bonds is 5. The molecular weight excluding hydrogens is 274 g/mol. The van der Waals surface area contributed by atoms with E-state index in [-0.39, 0.29) is 5.41 Å². The monoisotopic (exact) mass is 294 g/mol. The second-order valence-corrected chi connectivity index (χ2v) is 8.44. The fourth-order valence-electron chi connectivity index (χ4n) is 5.14. The van der Waals surface area contributed by atoms with E-state index in [1.807, 2.05) is 0 Å². The van der Waals surface area contributed by atoms with Gasteiger partial charge in [0, 0.05) is 6.42 Å². The molecule has 4 aliphatic carbocycles. The van der Waals surface area contributed by atoms with Crippen LogP contribution in [0.15, 0.2) is 0 Å². The van der Waals surface area contributed by atoms with Crippen LogP contribution < -0.4 is 0 Å². The average Bonchev–Trinajstić information content (AvgIpc) is 2.58. The van der Waals surface area contributed by atoms with E-state index in [2.05, 4.69) is 0 Å². The predicted octanol–water partition coefficient (Wildman–Crippen LogP) is 3.12. The van der Waals surface area contributed by atoms with Crippen LogP contribution in [0, 0.1) is 23.2 Å². The van der Waals surface area contributed by atoms with E-state index >= 15 is 0 Å². The Labute approximate surface area is 112 Å². The first-order valence-corrected chi connectivity index (χ1v) is 8.61. The third kappa shape index (κ3) is 2.66. The molecule has 0 heterocycles. The SMILES string of the molecule is O=S(=O)(O)CC(F)(F)CCC12CC3CC(CC1C3)C2. The summed E-state index contributed by atoms with van der Waals surface area (Å²) in [6.07, 6.45) is 5.72. The molecule has 4 aliphatic rings. The largest absolute Gasteiger partial charge is 0.285 e. The summed E-state index contributed by atoms with van der Waals surface area (Å²) < 4.78 is 57.0. The zero-order valence-electron chi connectivity index (χ0n) is 10.8. The molecule has 6 heteroatoms. The molecule has 0 radical (unpaired) electrons. The summed E-state index contributed by atoms with van der Waals surface area (Å²) in [5.41, 5.74) is 0.0518. The Morgan fingerprint density at radius 2 is 1.74 bits per heavy atom. The lowest BCUT2D eigenvalue weighted by atomic mass is 9.72. The molecule has 0 saturated heterocycles. The van der Waals surface area contributed by atoms with E-state index in [1.165, 1.54) is 19.3 Å². The Kier molecular flexibility index (Phi) is 2.99. The first-order chi connectivity index (χ1) is 8.68. The topological polar surface area (TPSA) is 54.4 Å². The number of halogens is 2. The molecule has 4 fully saturated rings. The molecule has 3 nitrogen and oxygen atoms in total.